The Balaban J connectivity index is 2.09. The first kappa shape index (κ1) is 15.9. The molecule has 1 fully saturated rings. The molecule has 1 aliphatic rings. The number of anilines is 2. The molecule has 21 heavy (non-hydrogen) atoms. The summed E-state index contributed by atoms with van der Waals surface area (Å²) in [5.74, 6) is 1.61. The average molecular weight is 313 g/mol. The lowest BCUT2D eigenvalue weighted by Crippen LogP contribution is -2.37. The molecule has 1 saturated heterocycles. The zero-order valence-electron chi connectivity index (χ0n) is 12.6. The van der Waals surface area contributed by atoms with E-state index in [2.05, 4.69) is 27.4 Å². The maximum absolute atomic E-state index is 11.6. The van der Waals surface area contributed by atoms with Gasteiger partial charge in [-0.3, -0.25) is 0 Å². The fraction of sp³-hybridized carbons (Fsp3) is 0.769. The Labute approximate surface area is 126 Å². The molecule has 0 aromatic carbocycles. The number of unbranched alkanes of at least 4 members (excludes halogenated alkanes) is 1. The van der Waals surface area contributed by atoms with Crippen LogP contribution in [-0.2, 0) is 9.84 Å². The van der Waals surface area contributed by atoms with Gasteiger partial charge in [-0.05, 0) is 19.8 Å². The third-order valence-electron chi connectivity index (χ3n) is 3.63. The fourth-order valence-electron chi connectivity index (χ4n) is 2.48. The Bertz CT molecular complexity index is 563. The molecule has 0 aliphatic carbocycles. The van der Waals surface area contributed by atoms with E-state index in [0.29, 0.717) is 24.7 Å². The maximum Gasteiger partial charge on any atom is 0.247 e. The molecular formula is C13H23N5O2S. The molecule has 1 aliphatic heterocycles. The topological polar surface area (TPSA) is 88.1 Å². The van der Waals surface area contributed by atoms with E-state index < -0.39 is 9.84 Å². The van der Waals surface area contributed by atoms with Crippen LogP contribution >= 0.6 is 0 Å². The molecule has 1 atom stereocenters. The molecule has 1 unspecified atom stereocenters. The monoisotopic (exact) mass is 313 g/mol. The molecule has 0 spiro atoms. The first-order valence-corrected chi connectivity index (χ1v) is 9.28. The molecule has 7 nitrogen and oxygen atoms in total. The minimum atomic E-state index is -2.92. The molecule has 2 heterocycles. The Morgan fingerprint density at radius 1 is 1.43 bits per heavy atom. The molecule has 118 valence electrons. The number of nitrogens with one attached hydrogen (secondary N) is 1. The number of nitrogens with zero attached hydrogens (tertiary/aromatic N) is 4. The highest BCUT2D eigenvalue weighted by Gasteiger charge is 2.33. The van der Waals surface area contributed by atoms with Crippen LogP contribution in [0.1, 0.15) is 33.1 Å². The zero-order valence-corrected chi connectivity index (χ0v) is 13.4. The van der Waals surface area contributed by atoms with Crippen LogP contribution in [0.15, 0.2) is 6.20 Å². The van der Waals surface area contributed by atoms with Crippen molar-refractivity contribution in [1.29, 1.82) is 0 Å². The summed E-state index contributed by atoms with van der Waals surface area (Å²) in [5, 5.41) is 11.2. The normalized spacial score (nSPS) is 20.4. The van der Waals surface area contributed by atoms with Crippen molar-refractivity contribution in [3.05, 3.63) is 6.20 Å². The Kier molecular flexibility index (Phi) is 5.33. The van der Waals surface area contributed by atoms with Crippen LogP contribution in [0.2, 0.25) is 0 Å². The van der Waals surface area contributed by atoms with Crippen molar-refractivity contribution < 1.29 is 8.42 Å². The summed E-state index contributed by atoms with van der Waals surface area (Å²) in [4.78, 5) is 6.39. The van der Waals surface area contributed by atoms with Gasteiger partial charge in [0.25, 0.3) is 0 Å². The lowest BCUT2D eigenvalue weighted by Gasteiger charge is -2.26. The highest BCUT2D eigenvalue weighted by atomic mass is 32.2. The summed E-state index contributed by atoms with van der Waals surface area (Å²) < 4.78 is 23.3. The van der Waals surface area contributed by atoms with Gasteiger partial charge in [0.1, 0.15) is 0 Å². The van der Waals surface area contributed by atoms with E-state index in [4.69, 9.17) is 0 Å². The predicted octanol–water partition coefficient (Wildman–Crippen LogP) is 1.10. The van der Waals surface area contributed by atoms with Crippen LogP contribution in [0, 0.1) is 0 Å². The lowest BCUT2D eigenvalue weighted by atomic mass is 10.2. The second kappa shape index (κ2) is 7.02. The Morgan fingerprint density at radius 2 is 2.24 bits per heavy atom. The van der Waals surface area contributed by atoms with Crippen molar-refractivity contribution in [2.75, 3.05) is 34.8 Å². The molecule has 8 heteroatoms. The molecule has 1 aromatic heterocycles. The SMILES string of the molecule is CCCCNc1cnnc(N(CC)C2CCS(=O)(=O)C2)n1. The van der Waals surface area contributed by atoms with E-state index in [0.717, 1.165) is 19.4 Å². The second-order valence-corrected chi connectivity index (χ2v) is 7.49. The first-order valence-electron chi connectivity index (χ1n) is 7.46. The molecule has 1 N–H and O–H groups in total. The first-order chi connectivity index (χ1) is 10.1. The van der Waals surface area contributed by atoms with Gasteiger partial charge < -0.3 is 10.2 Å². The summed E-state index contributed by atoms with van der Waals surface area (Å²) in [6.45, 7) is 5.62. The van der Waals surface area contributed by atoms with Crippen LogP contribution in [0.5, 0.6) is 0 Å². The molecule has 1 aromatic rings. The van der Waals surface area contributed by atoms with Crippen molar-refractivity contribution in [1.82, 2.24) is 15.2 Å². The molecule has 0 amide bonds. The van der Waals surface area contributed by atoms with Gasteiger partial charge in [-0.15, -0.1) is 5.10 Å². The predicted molar refractivity (Wildman–Crippen MR) is 83.3 cm³/mol. The lowest BCUT2D eigenvalue weighted by molar-refractivity contribution is 0.598. The minimum Gasteiger partial charge on any atom is -0.369 e. The van der Waals surface area contributed by atoms with Crippen molar-refractivity contribution in [3.8, 4) is 0 Å². The van der Waals surface area contributed by atoms with Crippen molar-refractivity contribution in [2.45, 2.75) is 39.2 Å². The van der Waals surface area contributed by atoms with Gasteiger partial charge in [0.2, 0.25) is 5.95 Å². The molecule has 0 bridgehead atoms. The number of hydrogen-bond acceptors (Lipinski definition) is 7. The number of sulfone groups is 1. The maximum atomic E-state index is 11.6. The highest BCUT2D eigenvalue weighted by Crippen LogP contribution is 2.21. The van der Waals surface area contributed by atoms with Gasteiger partial charge in [-0.25, -0.2) is 8.42 Å². The van der Waals surface area contributed by atoms with Gasteiger partial charge in [-0.2, -0.15) is 10.1 Å². The van der Waals surface area contributed by atoms with Crippen LogP contribution in [0.3, 0.4) is 0 Å². The molecule has 0 saturated carbocycles. The van der Waals surface area contributed by atoms with Crippen LogP contribution in [0.4, 0.5) is 11.8 Å². The zero-order chi connectivity index (χ0) is 15.3. The van der Waals surface area contributed by atoms with Crippen LogP contribution in [0.25, 0.3) is 0 Å². The van der Waals surface area contributed by atoms with Gasteiger partial charge in [0, 0.05) is 19.1 Å². The summed E-state index contributed by atoms with van der Waals surface area (Å²) >= 11 is 0. The average Bonchev–Trinajstić information content (AvgIpc) is 2.81. The van der Waals surface area contributed by atoms with Crippen molar-refractivity contribution in [3.63, 3.8) is 0 Å². The summed E-state index contributed by atoms with van der Waals surface area (Å²) in [7, 11) is -2.92. The highest BCUT2D eigenvalue weighted by molar-refractivity contribution is 7.91. The largest absolute Gasteiger partial charge is 0.369 e. The number of aromatic nitrogens is 3. The van der Waals surface area contributed by atoms with Crippen molar-refractivity contribution >= 4 is 21.6 Å². The van der Waals surface area contributed by atoms with Gasteiger partial charge in [0.05, 0.1) is 17.7 Å². The van der Waals surface area contributed by atoms with Crippen LogP contribution < -0.4 is 10.2 Å². The van der Waals surface area contributed by atoms with Crippen molar-refractivity contribution in [2.24, 2.45) is 0 Å². The minimum absolute atomic E-state index is 0.0484. The summed E-state index contributed by atoms with van der Waals surface area (Å²) in [5.41, 5.74) is 0. The van der Waals surface area contributed by atoms with E-state index >= 15 is 0 Å². The van der Waals surface area contributed by atoms with Gasteiger partial charge in [0.15, 0.2) is 15.7 Å². The quantitative estimate of drug-likeness (QED) is 0.754. The number of rotatable bonds is 7. The molecule has 2 rings (SSSR count). The second-order valence-electron chi connectivity index (χ2n) is 5.26. The van der Waals surface area contributed by atoms with E-state index in [9.17, 15) is 8.42 Å². The third kappa shape index (κ3) is 4.26. The molecule has 0 radical (unpaired) electrons. The smallest absolute Gasteiger partial charge is 0.247 e. The fourth-order valence-corrected chi connectivity index (χ4v) is 4.21. The number of hydrogen-bond donors (Lipinski definition) is 1. The standard InChI is InChI=1S/C13H23N5O2S/c1-3-5-7-14-12-9-15-17-13(16-12)18(4-2)11-6-8-21(19,20)10-11/h9,11H,3-8,10H2,1-2H3,(H,14,16,17). The summed E-state index contributed by atoms with van der Waals surface area (Å²) in [6.07, 6.45) is 4.41. The van der Waals surface area contributed by atoms with Gasteiger partial charge in [-0.1, -0.05) is 13.3 Å². The van der Waals surface area contributed by atoms with Gasteiger partial charge >= 0.3 is 0 Å². The Hall–Kier alpha value is -1.44. The van der Waals surface area contributed by atoms with E-state index in [1.54, 1.807) is 6.20 Å². The van der Waals surface area contributed by atoms with E-state index in [-0.39, 0.29) is 17.5 Å². The van der Waals surface area contributed by atoms with E-state index in [1.165, 1.54) is 0 Å². The van der Waals surface area contributed by atoms with Crippen LogP contribution in [-0.4, -0.2) is 54.2 Å². The summed E-state index contributed by atoms with van der Waals surface area (Å²) in [6, 6.07) is -0.0484. The Morgan fingerprint density at radius 3 is 2.86 bits per heavy atom. The third-order valence-corrected chi connectivity index (χ3v) is 5.38. The molecular weight excluding hydrogens is 290 g/mol. The van der Waals surface area contributed by atoms with E-state index in [1.807, 2.05) is 11.8 Å².